The number of anilines is 2. The molecule has 11 heteroatoms. The molecule has 0 bridgehead atoms. The van der Waals surface area contributed by atoms with E-state index in [1.165, 1.54) is 54.2 Å². The molecule has 1 saturated heterocycles. The van der Waals surface area contributed by atoms with Crippen LogP contribution in [0.3, 0.4) is 0 Å². The highest BCUT2D eigenvalue weighted by Crippen LogP contribution is 2.43. The maximum absolute atomic E-state index is 15.4. The number of benzene rings is 2. The summed E-state index contributed by atoms with van der Waals surface area (Å²) in [6.45, 7) is 2.60. The number of halogens is 2. The highest BCUT2D eigenvalue weighted by molar-refractivity contribution is 6.42. The Balaban J connectivity index is 1.61. The van der Waals surface area contributed by atoms with E-state index in [1.54, 1.807) is 18.2 Å². The number of nitrogens with zero attached hydrogens (tertiary/aromatic N) is 3. The molecule has 9 nitrogen and oxygen atoms in total. The number of carbonyl (C=O) groups is 3. The summed E-state index contributed by atoms with van der Waals surface area (Å²) in [4.78, 5) is 45.8. The second kappa shape index (κ2) is 11.5. The highest BCUT2D eigenvalue weighted by Gasteiger charge is 2.41. The third kappa shape index (κ3) is 5.88. The fraction of sp³-hybridized carbons (Fsp3) is 0.333. The van der Waals surface area contributed by atoms with Crippen molar-refractivity contribution >= 4 is 40.4 Å². The number of oxime groups is 1. The molecule has 2 heterocycles. The number of fused-ring (bicyclic) bond motifs is 1. The number of nitrogens with one attached hydrogen (secondary N) is 1. The van der Waals surface area contributed by atoms with Gasteiger partial charge in [0, 0.05) is 54.5 Å². The van der Waals surface area contributed by atoms with E-state index in [4.69, 9.17) is 4.74 Å². The Hall–Kier alpha value is -4.12. The van der Waals surface area contributed by atoms with E-state index in [1.807, 2.05) is 0 Å². The molecule has 2 aliphatic heterocycles. The van der Waals surface area contributed by atoms with Crippen molar-refractivity contribution in [2.75, 3.05) is 50.2 Å². The van der Waals surface area contributed by atoms with Gasteiger partial charge in [-0.2, -0.15) is 0 Å². The third-order valence-electron chi connectivity index (χ3n) is 6.31. The number of amides is 3. The first-order valence-corrected chi connectivity index (χ1v) is 12.1. The van der Waals surface area contributed by atoms with Crippen LogP contribution in [0.2, 0.25) is 0 Å². The number of carbonyl (C=O) groups excluding carboxylic acids is 3. The first-order valence-electron chi connectivity index (χ1n) is 12.1. The first kappa shape index (κ1) is 26.9. The van der Waals surface area contributed by atoms with Crippen LogP contribution in [-0.2, 0) is 19.2 Å². The van der Waals surface area contributed by atoms with Gasteiger partial charge in [0.05, 0.1) is 18.9 Å². The van der Waals surface area contributed by atoms with Crippen molar-refractivity contribution in [1.82, 2.24) is 4.90 Å². The number of para-hydroxylation sites is 1. The van der Waals surface area contributed by atoms with Gasteiger partial charge >= 0.3 is 0 Å². The van der Waals surface area contributed by atoms with Gasteiger partial charge in [0.25, 0.3) is 17.7 Å². The van der Waals surface area contributed by atoms with E-state index in [0.717, 1.165) is 6.08 Å². The molecule has 0 unspecified atom stereocenters. The van der Waals surface area contributed by atoms with Crippen LogP contribution < -0.4 is 10.2 Å². The molecule has 0 spiro atoms. The molecule has 38 heavy (non-hydrogen) atoms. The van der Waals surface area contributed by atoms with Crippen molar-refractivity contribution in [2.24, 2.45) is 5.16 Å². The standard InChI is InChI=1S/C27H28F2N4O5/c1-18(31-37-2)25(35)30-20-9-7-19(8-10-20)26(36)33-12-11-27(28,29)22(21-5-3-4-6-23(21)33)17-24(34)32-13-15-38-16-14-32/h3-10,17H,11-16H2,1-2H3,(H,30,35)/b22-17-,31-18?. The zero-order valence-electron chi connectivity index (χ0n) is 21.1. The summed E-state index contributed by atoms with van der Waals surface area (Å²) in [6, 6.07) is 12.4. The molecule has 1 N–H and O–H groups in total. The lowest BCUT2D eigenvalue weighted by Gasteiger charge is -2.27. The summed E-state index contributed by atoms with van der Waals surface area (Å²) in [5, 5.41) is 6.20. The van der Waals surface area contributed by atoms with Crippen molar-refractivity contribution in [2.45, 2.75) is 19.3 Å². The van der Waals surface area contributed by atoms with Crippen LogP contribution in [0.5, 0.6) is 0 Å². The molecule has 0 atom stereocenters. The van der Waals surface area contributed by atoms with Crippen molar-refractivity contribution in [1.29, 1.82) is 0 Å². The molecule has 0 saturated carbocycles. The Morgan fingerprint density at radius 3 is 2.42 bits per heavy atom. The third-order valence-corrected chi connectivity index (χ3v) is 6.31. The van der Waals surface area contributed by atoms with Gasteiger partial charge in [-0.1, -0.05) is 23.4 Å². The summed E-state index contributed by atoms with van der Waals surface area (Å²) in [5.74, 6) is -4.80. The fourth-order valence-corrected chi connectivity index (χ4v) is 4.29. The number of allylic oxidation sites excluding steroid dienone is 1. The van der Waals surface area contributed by atoms with Crippen LogP contribution in [-0.4, -0.2) is 74.2 Å². The number of hydrogen-bond donors (Lipinski definition) is 1. The highest BCUT2D eigenvalue weighted by atomic mass is 19.3. The van der Waals surface area contributed by atoms with Crippen molar-refractivity contribution in [3.05, 3.63) is 65.7 Å². The summed E-state index contributed by atoms with van der Waals surface area (Å²) >= 11 is 0. The summed E-state index contributed by atoms with van der Waals surface area (Å²) in [6.07, 6.45) is 0.340. The molecule has 200 valence electrons. The second-order valence-electron chi connectivity index (χ2n) is 8.81. The molecule has 0 aromatic heterocycles. The number of hydrogen-bond acceptors (Lipinski definition) is 6. The minimum Gasteiger partial charge on any atom is -0.399 e. The average Bonchev–Trinajstić information content (AvgIpc) is 3.03. The van der Waals surface area contributed by atoms with E-state index < -0.39 is 35.6 Å². The van der Waals surface area contributed by atoms with E-state index in [0.29, 0.717) is 37.7 Å². The molecule has 0 aliphatic carbocycles. The summed E-state index contributed by atoms with van der Waals surface area (Å²) in [7, 11) is 1.33. The normalized spacial score (nSPS) is 18.4. The molecule has 2 aromatic carbocycles. The maximum atomic E-state index is 15.4. The number of rotatable bonds is 5. The molecule has 0 radical (unpaired) electrons. The Labute approximate surface area is 218 Å². The van der Waals surface area contributed by atoms with Crippen LogP contribution in [0.1, 0.15) is 29.3 Å². The largest absolute Gasteiger partial charge is 0.399 e. The molecular weight excluding hydrogens is 498 g/mol. The van der Waals surface area contributed by atoms with Crippen molar-refractivity contribution in [3.8, 4) is 0 Å². The molecule has 4 rings (SSSR count). The lowest BCUT2D eigenvalue weighted by atomic mass is 9.96. The SMILES string of the molecule is CON=C(C)C(=O)Nc1ccc(C(=O)N2CCC(F)(F)/C(=C\C(=O)N3CCOCC3)c3ccccc32)cc1. The molecule has 1 fully saturated rings. The molecule has 3 amide bonds. The summed E-state index contributed by atoms with van der Waals surface area (Å²) < 4.78 is 36.1. The average molecular weight is 527 g/mol. The lowest BCUT2D eigenvalue weighted by molar-refractivity contribution is -0.130. The van der Waals surface area contributed by atoms with Crippen LogP contribution in [0.25, 0.3) is 5.57 Å². The molecular formula is C27H28F2N4O5. The van der Waals surface area contributed by atoms with Crippen molar-refractivity contribution in [3.63, 3.8) is 0 Å². The van der Waals surface area contributed by atoms with Crippen LogP contribution >= 0.6 is 0 Å². The minimum atomic E-state index is -3.33. The van der Waals surface area contributed by atoms with Gasteiger partial charge < -0.3 is 24.7 Å². The van der Waals surface area contributed by atoms with E-state index in [9.17, 15) is 14.4 Å². The monoisotopic (exact) mass is 526 g/mol. The van der Waals surface area contributed by atoms with Gasteiger partial charge in [0.15, 0.2) is 0 Å². The van der Waals surface area contributed by atoms with Crippen molar-refractivity contribution < 1.29 is 32.7 Å². The molecule has 2 aromatic rings. The quantitative estimate of drug-likeness (QED) is 0.365. The van der Waals surface area contributed by atoms with Gasteiger partial charge in [0.2, 0.25) is 5.91 Å². The fourth-order valence-electron chi connectivity index (χ4n) is 4.29. The number of alkyl halides is 2. The Bertz CT molecular complexity index is 1270. The van der Waals surface area contributed by atoms with E-state index >= 15 is 8.78 Å². The zero-order chi connectivity index (χ0) is 27.3. The first-order chi connectivity index (χ1) is 18.2. The second-order valence-corrected chi connectivity index (χ2v) is 8.81. The number of ether oxygens (including phenoxy) is 1. The van der Waals surface area contributed by atoms with Crippen LogP contribution in [0, 0.1) is 0 Å². The summed E-state index contributed by atoms with van der Waals surface area (Å²) in [5.41, 5.74) is 0.796. The smallest absolute Gasteiger partial charge is 0.275 e. The van der Waals surface area contributed by atoms with E-state index in [2.05, 4.69) is 15.3 Å². The van der Waals surface area contributed by atoms with Gasteiger partial charge in [-0.3, -0.25) is 14.4 Å². The topological polar surface area (TPSA) is 101 Å². The lowest BCUT2D eigenvalue weighted by Crippen LogP contribution is -2.40. The van der Waals surface area contributed by atoms with Gasteiger partial charge in [-0.15, -0.1) is 0 Å². The molecule has 2 aliphatic rings. The Morgan fingerprint density at radius 1 is 1.05 bits per heavy atom. The van der Waals surface area contributed by atoms with Crippen LogP contribution in [0.4, 0.5) is 20.2 Å². The zero-order valence-corrected chi connectivity index (χ0v) is 21.1. The number of morpholine rings is 1. The van der Waals surface area contributed by atoms with Gasteiger partial charge in [-0.05, 0) is 37.3 Å². The minimum absolute atomic E-state index is 0.116. The predicted molar refractivity (Wildman–Crippen MR) is 138 cm³/mol. The van der Waals surface area contributed by atoms with E-state index in [-0.39, 0.29) is 23.4 Å². The Kier molecular flexibility index (Phi) is 8.16. The predicted octanol–water partition coefficient (Wildman–Crippen LogP) is 3.58. The van der Waals surface area contributed by atoms with Crippen LogP contribution in [0.15, 0.2) is 59.8 Å². The van der Waals surface area contributed by atoms with Gasteiger partial charge in [0.1, 0.15) is 12.8 Å². The van der Waals surface area contributed by atoms with Gasteiger partial charge in [-0.25, -0.2) is 8.78 Å². The Morgan fingerprint density at radius 2 is 1.74 bits per heavy atom. The maximum Gasteiger partial charge on any atom is 0.275 e.